The van der Waals surface area contributed by atoms with Crippen molar-refractivity contribution < 1.29 is 9.47 Å². The van der Waals surface area contributed by atoms with Crippen LogP contribution in [0.1, 0.15) is 26.2 Å². The Hall–Kier alpha value is -1.22. The molecule has 1 aliphatic rings. The van der Waals surface area contributed by atoms with Crippen molar-refractivity contribution in [1.82, 2.24) is 0 Å². The summed E-state index contributed by atoms with van der Waals surface area (Å²) in [7, 11) is 0. The Labute approximate surface area is 96.5 Å². The molecule has 0 bridgehead atoms. The Balaban J connectivity index is 1.88. The maximum atomic E-state index is 5.78. The van der Waals surface area contributed by atoms with Gasteiger partial charge in [0.2, 0.25) is 0 Å². The number of benzene rings is 1. The summed E-state index contributed by atoms with van der Waals surface area (Å²) in [6, 6.07) is 8.14. The van der Waals surface area contributed by atoms with E-state index in [1.54, 1.807) is 0 Å². The van der Waals surface area contributed by atoms with E-state index in [1.165, 1.54) is 0 Å². The molecule has 0 unspecified atom stereocenters. The van der Waals surface area contributed by atoms with E-state index < -0.39 is 0 Å². The van der Waals surface area contributed by atoms with Crippen molar-refractivity contribution in [2.24, 2.45) is 5.73 Å². The van der Waals surface area contributed by atoms with Crippen LogP contribution in [0.4, 0.5) is 0 Å². The third kappa shape index (κ3) is 2.89. The molecule has 0 aromatic heterocycles. The average molecular weight is 221 g/mol. The molecule has 0 atom stereocenters. The van der Waals surface area contributed by atoms with Gasteiger partial charge in [0.25, 0.3) is 0 Å². The number of hydrogen-bond acceptors (Lipinski definition) is 3. The topological polar surface area (TPSA) is 44.5 Å². The van der Waals surface area contributed by atoms with E-state index in [0.717, 1.165) is 37.4 Å². The summed E-state index contributed by atoms with van der Waals surface area (Å²) < 4.78 is 11.3. The third-order valence-corrected chi connectivity index (χ3v) is 2.71. The van der Waals surface area contributed by atoms with Gasteiger partial charge in [-0.3, -0.25) is 0 Å². The molecule has 3 nitrogen and oxygen atoms in total. The lowest BCUT2D eigenvalue weighted by Crippen LogP contribution is -2.43. The lowest BCUT2D eigenvalue weighted by atomic mass is 9.90. The van der Waals surface area contributed by atoms with Gasteiger partial charge in [-0.1, -0.05) is 13.0 Å². The third-order valence-electron chi connectivity index (χ3n) is 2.71. The Morgan fingerprint density at radius 3 is 2.75 bits per heavy atom. The standard InChI is InChI=1S/C13H19NO2/c1-2-6-15-11-4-3-5-12(9-11)16-13-7-10(14)8-13/h3-5,9-10,13H,2,6-8,14H2,1H3. The molecule has 0 spiro atoms. The molecule has 0 radical (unpaired) electrons. The Morgan fingerprint density at radius 2 is 2.06 bits per heavy atom. The Kier molecular flexibility index (Phi) is 3.67. The second-order valence-electron chi connectivity index (χ2n) is 4.29. The fourth-order valence-electron chi connectivity index (χ4n) is 1.75. The second kappa shape index (κ2) is 5.21. The van der Waals surface area contributed by atoms with E-state index in [0.29, 0.717) is 6.04 Å². The van der Waals surface area contributed by atoms with Crippen LogP contribution in [0, 0.1) is 0 Å². The normalized spacial score (nSPS) is 23.6. The van der Waals surface area contributed by atoms with Crippen molar-refractivity contribution in [1.29, 1.82) is 0 Å². The molecule has 1 aromatic carbocycles. The van der Waals surface area contributed by atoms with E-state index in [2.05, 4.69) is 6.92 Å². The van der Waals surface area contributed by atoms with Gasteiger partial charge >= 0.3 is 0 Å². The van der Waals surface area contributed by atoms with E-state index in [9.17, 15) is 0 Å². The van der Waals surface area contributed by atoms with Crippen LogP contribution in [0.25, 0.3) is 0 Å². The first-order valence-corrected chi connectivity index (χ1v) is 5.93. The second-order valence-corrected chi connectivity index (χ2v) is 4.29. The Morgan fingerprint density at radius 1 is 1.31 bits per heavy atom. The molecule has 1 saturated carbocycles. The summed E-state index contributed by atoms with van der Waals surface area (Å²) in [5, 5.41) is 0. The highest BCUT2D eigenvalue weighted by Crippen LogP contribution is 2.26. The van der Waals surface area contributed by atoms with Crippen molar-refractivity contribution in [2.45, 2.75) is 38.3 Å². The SMILES string of the molecule is CCCOc1cccc(OC2CC(N)C2)c1. The van der Waals surface area contributed by atoms with Gasteiger partial charge in [0, 0.05) is 12.1 Å². The van der Waals surface area contributed by atoms with Gasteiger partial charge in [-0.2, -0.15) is 0 Å². The molecule has 1 aliphatic carbocycles. The molecule has 88 valence electrons. The molecule has 2 N–H and O–H groups in total. The zero-order chi connectivity index (χ0) is 11.4. The Bertz CT molecular complexity index is 334. The predicted octanol–water partition coefficient (Wildman–Crippen LogP) is 2.34. The minimum absolute atomic E-state index is 0.288. The number of hydrogen-bond donors (Lipinski definition) is 1. The number of rotatable bonds is 5. The van der Waals surface area contributed by atoms with Gasteiger partial charge in [0.05, 0.1) is 6.61 Å². The van der Waals surface area contributed by atoms with E-state index in [4.69, 9.17) is 15.2 Å². The molecule has 2 rings (SSSR count). The monoisotopic (exact) mass is 221 g/mol. The van der Waals surface area contributed by atoms with Crippen molar-refractivity contribution in [3.05, 3.63) is 24.3 Å². The van der Waals surface area contributed by atoms with Gasteiger partial charge in [-0.15, -0.1) is 0 Å². The van der Waals surface area contributed by atoms with Gasteiger partial charge in [-0.05, 0) is 31.4 Å². The van der Waals surface area contributed by atoms with E-state index in [-0.39, 0.29) is 6.10 Å². The molecular formula is C13H19NO2. The van der Waals surface area contributed by atoms with Crippen LogP contribution in [0.3, 0.4) is 0 Å². The zero-order valence-corrected chi connectivity index (χ0v) is 9.69. The van der Waals surface area contributed by atoms with Crippen molar-refractivity contribution >= 4 is 0 Å². The molecule has 0 heterocycles. The smallest absolute Gasteiger partial charge is 0.123 e. The van der Waals surface area contributed by atoms with Crippen LogP contribution in [0.2, 0.25) is 0 Å². The molecule has 1 fully saturated rings. The molecule has 0 amide bonds. The summed E-state index contributed by atoms with van der Waals surface area (Å²) in [5.41, 5.74) is 5.71. The highest BCUT2D eigenvalue weighted by Gasteiger charge is 2.27. The lowest BCUT2D eigenvalue weighted by Gasteiger charge is -2.32. The maximum absolute atomic E-state index is 5.78. The zero-order valence-electron chi connectivity index (χ0n) is 9.69. The summed E-state index contributed by atoms with van der Waals surface area (Å²) in [4.78, 5) is 0. The fourth-order valence-corrected chi connectivity index (χ4v) is 1.75. The first kappa shape index (κ1) is 11.3. The minimum Gasteiger partial charge on any atom is -0.493 e. The van der Waals surface area contributed by atoms with Crippen molar-refractivity contribution in [2.75, 3.05) is 6.61 Å². The maximum Gasteiger partial charge on any atom is 0.123 e. The molecule has 16 heavy (non-hydrogen) atoms. The van der Waals surface area contributed by atoms with Crippen LogP contribution in [0.5, 0.6) is 11.5 Å². The van der Waals surface area contributed by atoms with Gasteiger partial charge in [-0.25, -0.2) is 0 Å². The van der Waals surface area contributed by atoms with Crippen molar-refractivity contribution in [3.63, 3.8) is 0 Å². The van der Waals surface area contributed by atoms with E-state index >= 15 is 0 Å². The van der Waals surface area contributed by atoms with Crippen LogP contribution in [-0.2, 0) is 0 Å². The fraction of sp³-hybridized carbons (Fsp3) is 0.538. The predicted molar refractivity (Wildman–Crippen MR) is 63.9 cm³/mol. The van der Waals surface area contributed by atoms with Crippen LogP contribution < -0.4 is 15.2 Å². The van der Waals surface area contributed by atoms with Gasteiger partial charge < -0.3 is 15.2 Å². The summed E-state index contributed by atoms with van der Waals surface area (Å²) in [6.07, 6.45) is 3.22. The highest BCUT2D eigenvalue weighted by atomic mass is 16.5. The molecule has 0 aliphatic heterocycles. The van der Waals surface area contributed by atoms with Crippen LogP contribution >= 0.6 is 0 Å². The summed E-state index contributed by atoms with van der Waals surface area (Å²) in [5.74, 6) is 1.76. The molecule has 3 heteroatoms. The van der Waals surface area contributed by atoms with Crippen molar-refractivity contribution in [3.8, 4) is 11.5 Å². The van der Waals surface area contributed by atoms with Gasteiger partial charge in [0.15, 0.2) is 0 Å². The average Bonchev–Trinajstić information content (AvgIpc) is 2.25. The summed E-state index contributed by atoms with van der Waals surface area (Å²) in [6.45, 7) is 2.84. The van der Waals surface area contributed by atoms with E-state index in [1.807, 2.05) is 24.3 Å². The quantitative estimate of drug-likeness (QED) is 0.830. The van der Waals surface area contributed by atoms with Crippen LogP contribution in [-0.4, -0.2) is 18.8 Å². The first-order valence-electron chi connectivity index (χ1n) is 5.93. The number of ether oxygens (including phenoxy) is 2. The largest absolute Gasteiger partial charge is 0.493 e. The van der Waals surface area contributed by atoms with Gasteiger partial charge in [0.1, 0.15) is 17.6 Å². The minimum atomic E-state index is 0.288. The lowest BCUT2D eigenvalue weighted by molar-refractivity contribution is 0.100. The molecule has 0 saturated heterocycles. The number of nitrogens with two attached hydrogens (primary N) is 1. The van der Waals surface area contributed by atoms with Crippen LogP contribution in [0.15, 0.2) is 24.3 Å². The first-order chi connectivity index (χ1) is 7.78. The molecule has 1 aromatic rings. The molecular weight excluding hydrogens is 202 g/mol. The summed E-state index contributed by atoms with van der Waals surface area (Å²) >= 11 is 0. The highest BCUT2D eigenvalue weighted by molar-refractivity contribution is 5.33.